The molecule has 10 nitrogen and oxygen atoms in total. The van der Waals surface area contributed by atoms with Crippen LogP contribution in [0, 0.1) is 0 Å². The molecule has 1 heterocycles. The van der Waals surface area contributed by atoms with Crippen LogP contribution in [0.2, 0.25) is 0 Å². The summed E-state index contributed by atoms with van der Waals surface area (Å²) in [6.07, 6.45) is -6.64. The van der Waals surface area contributed by atoms with Crippen molar-refractivity contribution in [1.29, 1.82) is 0 Å². The van der Waals surface area contributed by atoms with E-state index < -0.39 is 48.8 Å². The number of aromatic hydroxyl groups is 1. The van der Waals surface area contributed by atoms with Crippen molar-refractivity contribution >= 4 is 5.97 Å². The van der Waals surface area contributed by atoms with Gasteiger partial charge in [0.05, 0.1) is 26.8 Å². The van der Waals surface area contributed by atoms with Gasteiger partial charge in [-0.25, -0.2) is 0 Å². The number of carbonyl (C=O) groups is 1. The molecule has 0 amide bonds. The number of ether oxygens (including phenoxy) is 3. The molecule has 2 aromatic rings. The SMILES string of the molecule is COc1cc(OC)c([C@@H]2O[C@H](CO)[C@H](O)[C@H](O)[C@H]2O)cc1Cc1ccc(O)c(C(=O)[O-])c1.[Na+]. The number of aromatic carboxylic acids is 1. The molecule has 1 saturated heterocycles. The van der Waals surface area contributed by atoms with E-state index in [1.165, 1.54) is 26.4 Å². The molecule has 5 N–H and O–H groups in total. The van der Waals surface area contributed by atoms with E-state index in [1.807, 2.05) is 0 Å². The van der Waals surface area contributed by atoms with Gasteiger partial charge in [-0.15, -0.1) is 0 Å². The number of benzene rings is 2. The third kappa shape index (κ3) is 5.61. The molecule has 174 valence electrons. The third-order valence-corrected chi connectivity index (χ3v) is 5.51. The number of aliphatic hydroxyl groups excluding tert-OH is 4. The summed E-state index contributed by atoms with van der Waals surface area (Å²) < 4.78 is 16.5. The summed E-state index contributed by atoms with van der Waals surface area (Å²) in [4.78, 5) is 11.2. The Balaban J connectivity index is 0.00000385. The van der Waals surface area contributed by atoms with Gasteiger partial charge in [0.1, 0.15) is 47.8 Å². The van der Waals surface area contributed by atoms with Crippen LogP contribution in [0.4, 0.5) is 0 Å². The Morgan fingerprint density at radius 1 is 1.03 bits per heavy atom. The Labute approximate surface area is 212 Å². The normalized spacial score (nSPS) is 24.6. The summed E-state index contributed by atoms with van der Waals surface area (Å²) in [5, 5.41) is 61.2. The van der Waals surface area contributed by atoms with Crippen molar-refractivity contribution in [2.24, 2.45) is 0 Å². The smallest absolute Gasteiger partial charge is 0.545 e. The second-order valence-electron chi connectivity index (χ2n) is 7.47. The number of carboxylic acid groups (broad SMARTS) is 1. The van der Waals surface area contributed by atoms with Crippen molar-refractivity contribution in [3.8, 4) is 17.2 Å². The van der Waals surface area contributed by atoms with Crippen LogP contribution in [-0.4, -0.2) is 76.7 Å². The number of aliphatic hydroxyl groups is 4. The van der Waals surface area contributed by atoms with Gasteiger partial charge in [0.15, 0.2) is 0 Å². The zero-order chi connectivity index (χ0) is 23.6. The third-order valence-electron chi connectivity index (χ3n) is 5.51. The monoisotopic (exact) mass is 472 g/mol. The van der Waals surface area contributed by atoms with Crippen molar-refractivity contribution in [3.05, 3.63) is 52.6 Å². The molecule has 1 aliphatic heterocycles. The molecule has 5 atom stereocenters. The minimum absolute atomic E-state index is 0. The van der Waals surface area contributed by atoms with Crippen molar-refractivity contribution in [2.75, 3.05) is 20.8 Å². The summed E-state index contributed by atoms with van der Waals surface area (Å²) in [7, 11) is 2.84. The average molecular weight is 472 g/mol. The Kier molecular flexibility index (Phi) is 9.53. The summed E-state index contributed by atoms with van der Waals surface area (Å²) in [5.74, 6) is -1.26. The van der Waals surface area contributed by atoms with E-state index in [1.54, 1.807) is 18.2 Å². The van der Waals surface area contributed by atoms with Crippen LogP contribution in [0.5, 0.6) is 17.2 Å². The standard InChI is InChI=1S/C22H26O10.Na/c1-30-15-8-16(31-2)13(21-20(27)19(26)18(25)17(9-23)32-21)7-11(15)5-10-3-4-14(24)12(6-10)22(28)29;/h3-4,6-8,17-21,23-27H,5,9H2,1-2H3,(H,28,29);/q;+1/p-1/t17-,18+,19+,20-,21+;/m1./s1. The first-order chi connectivity index (χ1) is 15.2. The Bertz CT molecular complexity index is 980. The van der Waals surface area contributed by atoms with Gasteiger partial charge in [-0.1, -0.05) is 6.07 Å². The summed E-state index contributed by atoms with van der Waals surface area (Å²) in [6, 6.07) is 7.22. The molecular formula is C22H25NaO10. The predicted molar refractivity (Wildman–Crippen MR) is 108 cm³/mol. The quantitative estimate of drug-likeness (QED) is 0.250. The first kappa shape index (κ1) is 27.4. The second-order valence-corrected chi connectivity index (χ2v) is 7.47. The van der Waals surface area contributed by atoms with Crippen LogP contribution in [0.15, 0.2) is 30.3 Å². The molecule has 0 spiro atoms. The Morgan fingerprint density at radius 3 is 2.27 bits per heavy atom. The van der Waals surface area contributed by atoms with Gasteiger partial charge >= 0.3 is 29.6 Å². The predicted octanol–water partition coefficient (Wildman–Crippen LogP) is -4.12. The number of rotatable bonds is 7. The van der Waals surface area contributed by atoms with E-state index >= 15 is 0 Å². The van der Waals surface area contributed by atoms with Gasteiger partial charge in [-0.05, 0) is 29.3 Å². The fourth-order valence-corrected chi connectivity index (χ4v) is 3.79. The van der Waals surface area contributed by atoms with Crippen LogP contribution in [-0.2, 0) is 11.2 Å². The van der Waals surface area contributed by atoms with E-state index in [9.17, 15) is 35.4 Å². The fourth-order valence-electron chi connectivity index (χ4n) is 3.79. The zero-order valence-corrected chi connectivity index (χ0v) is 20.5. The van der Waals surface area contributed by atoms with Gasteiger partial charge in [0.25, 0.3) is 0 Å². The van der Waals surface area contributed by atoms with Gasteiger partial charge in [0.2, 0.25) is 0 Å². The van der Waals surface area contributed by atoms with E-state index in [2.05, 4.69) is 0 Å². The van der Waals surface area contributed by atoms with Crippen molar-refractivity contribution in [2.45, 2.75) is 36.9 Å². The summed E-state index contributed by atoms with van der Waals surface area (Å²) >= 11 is 0. The van der Waals surface area contributed by atoms with E-state index in [4.69, 9.17) is 14.2 Å². The maximum atomic E-state index is 11.2. The first-order valence-electron chi connectivity index (χ1n) is 9.80. The molecule has 0 aromatic heterocycles. The van der Waals surface area contributed by atoms with Crippen molar-refractivity contribution < 1.29 is 79.2 Å². The first-order valence-corrected chi connectivity index (χ1v) is 9.80. The van der Waals surface area contributed by atoms with Crippen molar-refractivity contribution in [3.63, 3.8) is 0 Å². The zero-order valence-electron chi connectivity index (χ0n) is 18.5. The number of hydrogen-bond donors (Lipinski definition) is 5. The Morgan fingerprint density at radius 2 is 1.70 bits per heavy atom. The molecular weight excluding hydrogens is 447 g/mol. The molecule has 11 heteroatoms. The maximum absolute atomic E-state index is 11.2. The number of carbonyl (C=O) groups excluding carboxylic acids is 1. The van der Waals surface area contributed by atoms with Crippen LogP contribution in [0.25, 0.3) is 0 Å². The molecule has 3 rings (SSSR count). The Hall–Kier alpha value is -1.89. The molecule has 1 aliphatic rings. The molecule has 1 fully saturated rings. The summed E-state index contributed by atoms with van der Waals surface area (Å²) in [5.41, 5.74) is 1.07. The van der Waals surface area contributed by atoms with Crippen LogP contribution in [0.3, 0.4) is 0 Å². The molecule has 0 aliphatic carbocycles. The van der Waals surface area contributed by atoms with Gasteiger partial charge in [-0.3, -0.25) is 0 Å². The van der Waals surface area contributed by atoms with Crippen molar-refractivity contribution in [1.82, 2.24) is 0 Å². The fraction of sp³-hybridized carbons (Fsp3) is 0.409. The van der Waals surface area contributed by atoms with E-state index in [0.29, 0.717) is 22.4 Å². The molecule has 0 unspecified atom stereocenters. The molecule has 0 radical (unpaired) electrons. The van der Waals surface area contributed by atoms with Crippen LogP contribution in [0.1, 0.15) is 33.2 Å². The molecule has 33 heavy (non-hydrogen) atoms. The summed E-state index contributed by atoms with van der Waals surface area (Å²) in [6.45, 7) is -0.577. The number of hydrogen-bond acceptors (Lipinski definition) is 10. The maximum Gasteiger partial charge on any atom is 1.00 e. The number of methoxy groups -OCH3 is 2. The molecule has 2 aromatic carbocycles. The van der Waals surface area contributed by atoms with Crippen LogP contribution < -0.4 is 44.1 Å². The van der Waals surface area contributed by atoms with Crippen LogP contribution >= 0.6 is 0 Å². The molecule has 0 saturated carbocycles. The topological polar surface area (TPSA) is 169 Å². The van der Waals surface area contributed by atoms with Gasteiger partial charge in [0, 0.05) is 23.6 Å². The van der Waals surface area contributed by atoms with Gasteiger partial charge in [-0.2, -0.15) is 0 Å². The minimum atomic E-state index is -1.57. The average Bonchev–Trinajstić information content (AvgIpc) is 2.78. The minimum Gasteiger partial charge on any atom is -0.545 e. The van der Waals surface area contributed by atoms with Gasteiger partial charge < -0.3 is 49.6 Å². The number of carboxylic acids is 1. The molecule has 0 bridgehead atoms. The number of phenols is 1. The van der Waals surface area contributed by atoms with E-state index in [0.717, 1.165) is 0 Å². The van der Waals surface area contributed by atoms with E-state index in [-0.39, 0.29) is 47.3 Å². The second kappa shape index (κ2) is 11.5. The largest absolute Gasteiger partial charge is 1.00 e.